The molecule has 0 aliphatic carbocycles. The number of amides is 1. The predicted molar refractivity (Wildman–Crippen MR) is 110 cm³/mol. The van der Waals surface area contributed by atoms with Crippen molar-refractivity contribution in [2.45, 2.75) is 12.6 Å². The van der Waals surface area contributed by atoms with E-state index in [-0.39, 0.29) is 47.4 Å². The molecule has 1 amide bonds. The van der Waals surface area contributed by atoms with Crippen molar-refractivity contribution < 1.29 is 19.0 Å². The van der Waals surface area contributed by atoms with E-state index in [4.69, 9.17) is 34.3 Å². The van der Waals surface area contributed by atoms with E-state index >= 15 is 0 Å². The third kappa shape index (κ3) is 4.75. The third-order valence-corrected chi connectivity index (χ3v) is 5.33. The summed E-state index contributed by atoms with van der Waals surface area (Å²) in [6.07, 6.45) is -0.156. The Kier molecular flexibility index (Phi) is 6.51. The lowest BCUT2D eigenvalue weighted by Gasteiger charge is -2.27. The summed E-state index contributed by atoms with van der Waals surface area (Å²) >= 11 is 10.7. The topological polar surface area (TPSA) is 97.8 Å². The Morgan fingerprint density at radius 2 is 2.17 bits per heavy atom. The summed E-state index contributed by atoms with van der Waals surface area (Å²) in [5.74, 6) is -1.06. The highest BCUT2D eigenvalue weighted by Crippen LogP contribution is 2.32. The number of thiocarbonyl (C=S) groups is 1. The number of hydrogen-bond acceptors (Lipinski definition) is 4. The second-order valence-corrected chi connectivity index (χ2v) is 7.54. The van der Waals surface area contributed by atoms with Crippen molar-refractivity contribution in [3.05, 3.63) is 68.8 Å². The number of rotatable bonds is 4. The zero-order chi connectivity index (χ0) is 21.1. The van der Waals surface area contributed by atoms with Gasteiger partial charge in [-0.1, -0.05) is 29.9 Å². The van der Waals surface area contributed by atoms with Crippen LogP contribution in [0.3, 0.4) is 0 Å². The van der Waals surface area contributed by atoms with Crippen LogP contribution in [0.5, 0.6) is 0 Å². The number of nitrogens with zero attached hydrogens (tertiary/aromatic N) is 2. The van der Waals surface area contributed by atoms with Gasteiger partial charge in [-0.05, 0) is 29.8 Å². The van der Waals surface area contributed by atoms with Crippen molar-refractivity contribution in [2.24, 2.45) is 11.7 Å². The van der Waals surface area contributed by atoms with Gasteiger partial charge in [0.05, 0.1) is 23.3 Å². The summed E-state index contributed by atoms with van der Waals surface area (Å²) in [4.78, 5) is 25.4. The number of ether oxygens (including phenoxy) is 1. The maximum atomic E-state index is 14.0. The van der Waals surface area contributed by atoms with Crippen LogP contribution in [0, 0.1) is 11.7 Å². The van der Waals surface area contributed by atoms with Crippen molar-refractivity contribution >= 4 is 34.9 Å². The summed E-state index contributed by atoms with van der Waals surface area (Å²) in [7, 11) is 0. The van der Waals surface area contributed by atoms with Gasteiger partial charge in [0.15, 0.2) is 0 Å². The molecule has 10 heteroatoms. The molecule has 1 aliphatic rings. The summed E-state index contributed by atoms with van der Waals surface area (Å²) in [5, 5.41) is 9.42. The molecule has 0 radical (unpaired) electrons. The zero-order valence-electron chi connectivity index (χ0n) is 15.3. The molecule has 1 aromatic heterocycles. The highest BCUT2D eigenvalue weighted by Gasteiger charge is 2.32. The van der Waals surface area contributed by atoms with Crippen molar-refractivity contribution in [1.82, 2.24) is 9.47 Å². The molecule has 2 atom stereocenters. The number of aromatic nitrogens is 1. The average molecular weight is 440 g/mol. The minimum absolute atomic E-state index is 0.0218. The van der Waals surface area contributed by atoms with Crippen LogP contribution in [-0.4, -0.2) is 45.4 Å². The molecule has 1 aliphatic heterocycles. The number of pyridine rings is 1. The Balaban J connectivity index is 2.00. The Hall–Kier alpha value is -2.49. The van der Waals surface area contributed by atoms with E-state index in [9.17, 15) is 19.1 Å². The van der Waals surface area contributed by atoms with Gasteiger partial charge in [0.2, 0.25) is 0 Å². The van der Waals surface area contributed by atoms with Crippen LogP contribution in [0.2, 0.25) is 5.02 Å². The molecule has 1 saturated heterocycles. The lowest BCUT2D eigenvalue weighted by atomic mass is 9.94. The first-order valence-electron chi connectivity index (χ1n) is 8.81. The molecule has 0 spiro atoms. The SMILES string of the molecule is NC(=S)c1cccn(C[C@H]2CN(C(=O)O)CCO[C@H]2c2ccc(Cl)c(F)c2)c1=O. The number of benzene rings is 1. The van der Waals surface area contributed by atoms with Crippen molar-refractivity contribution in [2.75, 3.05) is 19.7 Å². The Bertz CT molecular complexity index is 1000. The van der Waals surface area contributed by atoms with Crippen molar-refractivity contribution in [1.29, 1.82) is 0 Å². The summed E-state index contributed by atoms with van der Waals surface area (Å²) in [5.41, 5.74) is 5.94. The summed E-state index contributed by atoms with van der Waals surface area (Å²) in [6, 6.07) is 7.49. The second-order valence-electron chi connectivity index (χ2n) is 6.70. The maximum absolute atomic E-state index is 14.0. The van der Waals surface area contributed by atoms with Crippen LogP contribution in [0.4, 0.5) is 9.18 Å². The Morgan fingerprint density at radius 3 is 2.83 bits per heavy atom. The van der Waals surface area contributed by atoms with Gasteiger partial charge in [0.25, 0.3) is 5.56 Å². The predicted octanol–water partition coefficient (Wildman–Crippen LogP) is 2.64. The number of halogens is 2. The quantitative estimate of drug-likeness (QED) is 0.711. The Labute approximate surface area is 176 Å². The fraction of sp³-hybridized carbons (Fsp3) is 0.316. The number of carbonyl (C=O) groups is 1. The highest BCUT2D eigenvalue weighted by molar-refractivity contribution is 7.80. The smallest absolute Gasteiger partial charge is 0.407 e. The molecule has 3 N–H and O–H groups in total. The third-order valence-electron chi connectivity index (χ3n) is 4.80. The molecule has 1 aromatic carbocycles. The van der Waals surface area contributed by atoms with Gasteiger partial charge in [0, 0.05) is 31.7 Å². The fourth-order valence-electron chi connectivity index (χ4n) is 3.40. The minimum Gasteiger partial charge on any atom is -0.465 e. The van der Waals surface area contributed by atoms with E-state index < -0.39 is 23.9 Å². The van der Waals surface area contributed by atoms with Gasteiger partial charge in [-0.2, -0.15) is 0 Å². The van der Waals surface area contributed by atoms with Crippen molar-refractivity contribution in [3.8, 4) is 0 Å². The summed E-state index contributed by atoms with van der Waals surface area (Å²) < 4.78 is 21.3. The zero-order valence-corrected chi connectivity index (χ0v) is 16.8. The van der Waals surface area contributed by atoms with E-state index in [2.05, 4.69) is 0 Å². The molecule has 0 unspecified atom stereocenters. The van der Waals surface area contributed by atoms with E-state index in [1.54, 1.807) is 18.3 Å². The van der Waals surface area contributed by atoms with Crippen LogP contribution in [0.1, 0.15) is 17.2 Å². The van der Waals surface area contributed by atoms with E-state index in [0.29, 0.717) is 5.56 Å². The normalized spacial score (nSPS) is 19.6. The molecule has 3 rings (SSSR count). The minimum atomic E-state index is -1.09. The largest absolute Gasteiger partial charge is 0.465 e. The standard InChI is InChI=1S/C19H19ClFN3O4S/c20-14-4-3-11(8-15(14)21)16-12(10-24(19(26)27)6-7-28-16)9-23-5-1-2-13(17(22)29)18(23)25/h1-5,8,12,16H,6-7,9-10H2,(H2,22,29)(H,26,27)/t12-,16-/m0/s1. The lowest BCUT2D eigenvalue weighted by molar-refractivity contribution is 0.0249. The molecule has 2 heterocycles. The number of carboxylic acid groups (broad SMARTS) is 1. The highest BCUT2D eigenvalue weighted by atomic mass is 35.5. The molecule has 2 aromatic rings. The van der Waals surface area contributed by atoms with Gasteiger partial charge in [-0.3, -0.25) is 4.79 Å². The monoisotopic (exact) mass is 439 g/mol. The molecule has 7 nitrogen and oxygen atoms in total. The van der Waals surface area contributed by atoms with E-state index in [0.717, 1.165) is 0 Å². The first-order valence-corrected chi connectivity index (χ1v) is 9.60. The van der Waals surface area contributed by atoms with Gasteiger partial charge < -0.3 is 25.0 Å². The van der Waals surface area contributed by atoms with E-state index in [1.807, 2.05) is 0 Å². The van der Waals surface area contributed by atoms with Gasteiger partial charge >= 0.3 is 6.09 Å². The first-order chi connectivity index (χ1) is 13.8. The van der Waals surface area contributed by atoms with Crippen LogP contribution >= 0.6 is 23.8 Å². The molecular formula is C19H19ClFN3O4S. The molecule has 0 bridgehead atoms. The fourth-order valence-corrected chi connectivity index (χ4v) is 3.67. The molecule has 154 valence electrons. The lowest BCUT2D eigenvalue weighted by Crippen LogP contribution is -2.38. The van der Waals surface area contributed by atoms with Crippen LogP contribution < -0.4 is 11.3 Å². The van der Waals surface area contributed by atoms with Crippen LogP contribution in [-0.2, 0) is 11.3 Å². The molecular weight excluding hydrogens is 421 g/mol. The van der Waals surface area contributed by atoms with Crippen LogP contribution in [0.25, 0.3) is 0 Å². The average Bonchev–Trinajstić information content (AvgIpc) is 2.88. The Morgan fingerprint density at radius 1 is 1.41 bits per heavy atom. The number of nitrogens with two attached hydrogens (primary N) is 1. The summed E-state index contributed by atoms with van der Waals surface area (Å²) in [6.45, 7) is 0.543. The van der Waals surface area contributed by atoms with Gasteiger partial charge in [-0.25, -0.2) is 9.18 Å². The second kappa shape index (κ2) is 8.89. The number of hydrogen-bond donors (Lipinski definition) is 2. The molecule has 29 heavy (non-hydrogen) atoms. The van der Waals surface area contributed by atoms with E-state index in [1.165, 1.54) is 27.7 Å². The van der Waals surface area contributed by atoms with Gasteiger partial charge in [-0.15, -0.1) is 0 Å². The first kappa shape index (κ1) is 21.2. The van der Waals surface area contributed by atoms with Crippen molar-refractivity contribution in [3.63, 3.8) is 0 Å². The van der Waals surface area contributed by atoms with Gasteiger partial charge in [0.1, 0.15) is 10.8 Å². The van der Waals surface area contributed by atoms with Crippen LogP contribution in [0.15, 0.2) is 41.3 Å². The molecule has 1 fully saturated rings. The molecule has 0 saturated carbocycles. The maximum Gasteiger partial charge on any atom is 0.407 e.